The molecule has 0 aromatic carbocycles. The van der Waals surface area contributed by atoms with Gasteiger partial charge in [0, 0.05) is 27.2 Å². The molecule has 4 nitrogen and oxygen atoms in total. The molecule has 0 aromatic heterocycles. The first-order chi connectivity index (χ1) is 7.30. The molecule has 1 unspecified atom stereocenters. The van der Waals surface area contributed by atoms with E-state index < -0.39 is 0 Å². The van der Waals surface area contributed by atoms with Crippen molar-refractivity contribution in [2.75, 3.05) is 40.3 Å². The smallest absolute Gasteiger partial charge is 0.190 e. The Morgan fingerprint density at radius 1 is 1.53 bits per heavy atom. The van der Waals surface area contributed by atoms with Gasteiger partial charge >= 0.3 is 0 Å². The van der Waals surface area contributed by atoms with Crippen molar-refractivity contribution < 1.29 is 0 Å². The molecule has 15 heavy (non-hydrogen) atoms. The van der Waals surface area contributed by atoms with E-state index in [1.807, 2.05) is 7.05 Å². The normalized spacial score (nSPS) is 23.9. The van der Waals surface area contributed by atoms with E-state index in [0.29, 0.717) is 0 Å². The predicted molar refractivity (Wildman–Crippen MR) is 65.3 cm³/mol. The van der Waals surface area contributed by atoms with Crippen LogP contribution in [0, 0.1) is 5.92 Å². The number of hydrogen-bond acceptors (Lipinski definition) is 2. The van der Waals surface area contributed by atoms with Gasteiger partial charge in [0.2, 0.25) is 0 Å². The summed E-state index contributed by atoms with van der Waals surface area (Å²) in [6.07, 6.45) is 2.67. The van der Waals surface area contributed by atoms with E-state index >= 15 is 0 Å². The van der Waals surface area contributed by atoms with Crippen molar-refractivity contribution in [2.45, 2.75) is 19.8 Å². The summed E-state index contributed by atoms with van der Waals surface area (Å²) < 4.78 is 0. The van der Waals surface area contributed by atoms with E-state index in [9.17, 15) is 0 Å². The molecule has 0 radical (unpaired) electrons. The third kappa shape index (κ3) is 4.08. The van der Waals surface area contributed by atoms with Gasteiger partial charge in [-0.2, -0.15) is 0 Å². The molecule has 1 aliphatic heterocycles. The van der Waals surface area contributed by atoms with Crippen LogP contribution in [-0.2, 0) is 0 Å². The minimum Gasteiger partial charge on any atom is -0.359 e. The maximum Gasteiger partial charge on any atom is 0.190 e. The van der Waals surface area contributed by atoms with Crippen molar-refractivity contribution in [3.05, 3.63) is 0 Å². The second-order valence-corrected chi connectivity index (χ2v) is 4.10. The summed E-state index contributed by atoms with van der Waals surface area (Å²) in [6.45, 7) is 6.95. The number of nitrogens with zero attached hydrogens (tertiary/aromatic N) is 2. The molecular weight excluding hydrogens is 188 g/mol. The monoisotopic (exact) mass is 212 g/mol. The Kier molecular flexibility index (Phi) is 5.47. The zero-order valence-corrected chi connectivity index (χ0v) is 10.2. The lowest BCUT2D eigenvalue weighted by Gasteiger charge is -2.32. The van der Waals surface area contributed by atoms with Crippen LogP contribution in [0.25, 0.3) is 0 Å². The molecule has 0 aromatic rings. The Morgan fingerprint density at radius 2 is 2.33 bits per heavy atom. The van der Waals surface area contributed by atoms with Crippen molar-refractivity contribution in [1.82, 2.24) is 15.5 Å². The second kappa shape index (κ2) is 6.67. The molecule has 1 atom stereocenters. The van der Waals surface area contributed by atoms with E-state index in [1.54, 1.807) is 7.05 Å². The number of aliphatic imine (C=N–C) groups is 1. The molecule has 0 amide bonds. The Bertz CT molecular complexity index is 203. The van der Waals surface area contributed by atoms with Gasteiger partial charge in [0.1, 0.15) is 0 Å². The van der Waals surface area contributed by atoms with Gasteiger partial charge in [-0.25, -0.2) is 0 Å². The number of piperidine rings is 1. The molecule has 1 rings (SSSR count). The standard InChI is InChI=1S/C11H24N4/c1-4-15-7-5-6-10(9-15)8-14-11(12-2)13-3/h10H,4-9H2,1-3H3,(H2,12,13,14). The fraction of sp³-hybridized carbons (Fsp3) is 0.909. The van der Waals surface area contributed by atoms with Gasteiger partial charge in [-0.05, 0) is 31.8 Å². The van der Waals surface area contributed by atoms with Crippen LogP contribution in [0.1, 0.15) is 19.8 Å². The summed E-state index contributed by atoms with van der Waals surface area (Å²) in [6, 6.07) is 0. The number of rotatable bonds is 3. The largest absolute Gasteiger partial charge is 0.359 e. The molecule has 0 spiro atoms. The van der Waals surface area contributed by atoms with E-state index in [2.05, 4.69) is 27.4 Å². The summed E-state index contributed by atoms with van der Waals surface area (Å²) in [7, 11) is 3.70. The van der Waals surface area contributed by atoms with Crippen molar-refractivity contribution >= 4 is 5.96 Å². The van der Waals surface area contributed by atoms with E-state index in [4.69, 9.17) is 0 Å². The van der Waals surface area contributed by atoms with Gasteiger partial charge in [0.05, 0.1) is 0 Å². The maximum atomic E-state index is 4.11. The average Bonchev–Trinajstić information content (AvgIpc) is 2.31. The quantitative estimate of drug-likeness (QED) is 0.529. The third-order valence-corrected chi connectivity index (χ3v) is 3.07. The SMILES string of the molecule is CCN1CCCC(CNC(=NC)NC)C1. The van der Waals surface area contributed by atoms with Crippen molar-refractivity contribution in [3.8, 4) is 0 Å². The molecule has 0 bridgehead atoms. The Balaban J connectivity index is 2.26. The predicted octanol–water partition coefficient (Wildman–Crippen LogP) is 0.513. The maximum absolute atomic E-state index is 4.11. The van der Waals surface area contributed by atoms with Crippen LogP contribution in [0.2, 0.25) is 0 Å². The van der Waals surface area contributed by atoms with Gasteiger partial charge in [-0.1, -0.05) is 6.92 Å². The van der Waals surface area contributed by atoms with Crippen LogP contribution >= 0.6 is 0 Å². The zero-order chi connectivity index (χ0) is 11.1. The highest BCUT2D eigenvalue weighted by Gasteiger charge is 2.18. The van der Waals surface area contributed by atoms with Gasteiger partial charge in [0.15, 0.2) is 5.96 Å². The fourth-order valence-corrected chi connectivity index (χ4v) is 2.13. The molecule has 1 saturated heterocycles. The molecule has 4 heteroatoms. The van der Waals surface area contributed by atoms with Crippen LogP contribution in [-0.4, -0.2) is 51.1 Å². The molecule has 1 heterocycles. The van der Waals surface area contributed by atoms with Crippen molar-refractivity contribution in [2.24, 2.45) is 10.9 Å². The van der Waals surface area contributed by atoms with Gasteiger partial charge < -0.3 is 15.5 Å². The molecule has 1 fully saturated rings. The van der Waals surface area contributed by atoms with Crippen LogP contribution < -0.4 is 10.6 Å². The molecular formula is C11H24N4. The first kappa shape index (κ1) is 12.3. The zero-order valence-electron chi connectivity index (χ0n) is 10.2. The topological polar surface area (TPSA) is 39.7 Å². The summed E-state index contributed by atoms with van der Waals surface area (Å²) in [4.78, 5) is 6.64. The van der Waals surface area contributed by atoms with Crippen molar-refractivity contribution in [1.29, 1.82) is 0 Å². The van der Waals surface area contributed by atoms with Crippen LogP contribution in [0.15, 0.2) is 4.99 Å². The molecule has 88 valence electrons. The van der Waals surface area contributed by atoms with Gasteiger partial charge in [-0.15, -0.1) is 0 Å². The Hall–Kier alpha value is -0.770. The minimum atomic E-state index is 0.767. The van der Waals surface area contributed by atoms with Gasteiger partial charge in [-0.3, -0.25) is 4.99 Å². The molecule has 1 aliphatic rings. The summed E-state index contributed by atoms with van der Waals surface area (Å²) >= 11 is 0. The van der Waals surface area contributed by atoms with Gasteiger partial charge in [0.25, 0.3) is 0 Å². The minimum absolute atomic E-state index is 0.767. The van der Waals surface area contributed by atoms with Crippen LogP contribution in [0.3, 0.4) is 0 Å². The number of nitrogens with one attached hydrogen (secondary N) is 2. The number of likely N-dealkylation sites (tertiary alicyclic amines) is 1. The summed E-state index contributed by atoms with van der Waals surface area (Å²) in [5, 5.41) is 6.39. The number of guanidine groups is 1. The fourth-order valence-electron chi connectivity index (χ4n) is 2.13. The van der Waals surface area contributed by atoms with Crippen LogP contribution in [0.4, 0.5) is 0 Å². The van der Waals surface area contributed by atoms with E-state index in [-0.39, 0.29) is 0 Å². The lowest BCUT2D eigenvalue weighted by Crippen LogP contribution is -2.43. The number of hydrogen-bond donors (Lipinski definition) is 2. The Morgan fingerprint density at radius 3 is 2.93 bits per heavy atom. The highest BCUT2D eigenvalue weighted by molar-refractivity contribution is 5.79. The Labute approximate surface area is 93.1 Å². The summed E-state index contributed by atoms with van der Waals surface area (Å²) in [5.41, 5.74) is 0. The lowest BCUT2D eigenvalue weighted by molar-refractivity contribution is 0.183. The lowest BCUT2D eigenvalue weighted by atomic mass is 9.98. The van der Waals surface area contributed by atoms with Crippen molar-refractivity contribution in [3.63, 3.8) is 0 Å². The third-order valence-electron chi connectivity index (χ3n) is 3.07. The summed E-state index contributed by atoms with van der Waals surface area (Å²) in [5.74, 6) is 1.66. The highest BCUT2D eigenvalue weighted by Crippen LogP contribution is 2.14. The molecule has 0 aliphatic carbocycles. The van der Waals surface area contributed by atoms with E-state index in [0.717, 1.165) is 18.4 Å². The average molecular weight is 212 g/mol. The molecule has 0 saturated carbocycles. The second-order valence-electron chi connectivity index (χ2n) is 4.10. The van der Waals surface area contributed by atoms with E-state index in [1.165, 1.54) is 32.5 Å². The first-order valence-corrected chi connectivity index (χ1v) is 5.90. The molecule has 2 N–H and O–H groups in total. The highest BCUT2D eigenvalue weighted by atomic mass is 15.2. The first-order valence-electron chi connectivity index (χ1n) is 5.90. The van der Waals surface area contributed by atoms with Crippen LogP contribution in [0.5, 0.6) is 0 Å².